The summed E-state index contributed by atoms with van der Waals surface area (Å²) >= 11 is 0. The molecular formula is C22H37NO4. The molecule has 0 saturated heterocycles. The summed E-state index contributed by atoms with van der Waals surface area (Å²) in [6, 6.07) is 6.14. The van der Waals surface area contributed by atoms with Crippen LogP contribution in [0.4, 0.5) is 0 Å². The van der Waals surface area contributed by atoms with Crippen molar-refractivity contribution in [1.29, 1.82) is 0 Å². The van der Waals surface area contributed by atoms with E-state index in [1.165, 1.54) is 83.5 Å². The van der Waals surface area contributed by atoms with Crippen LogP contribution in [0.2, 0.25) is 0 Å². The Labute approximate surface area is 164 Å². The number of unbranched alkanes of at least 4 members (excludes halogenated alkanes) is 3. The van der Waals surface area contributed by atoms with Crippen LogP contribution in [0.25, 0.3) is 6.08 Å². The molecule has 0 fully saturated rings. The molecule has 5 nitrogen and oxygen atoms in total. The van der Waals surface area contributed by atoms with Crippen LogP contribution < -0.4 is 0 Å². The Morgan fingerprint density at radius 1 is 0.963 bits per heavy atom. The molecule has 27 heavy (non-hydrogen) atoms. The van der Waals surface area contributed by atoms with E-state index in [-0.39, 0.29) is 11.5 Å². The summed E-state index contributed by atoms with van der Waals surface area (Å²) < 4.78 is 4.64. The van der Waals surface area contributed by atoms with E-state index in [9.17, 15) is 4.79 Å². The van der Waals surface area contributed by atoms with Crippen LogP contribution in [0.1, 0.15) is 64.9 Å². The number of phenolic OH excluding ortho intramolecular Hbond substituents is 1. The Bertz CT molecular complexity index is 507. The predicted octanol–water partition coefficient (Wildman–Crippen LogP) is 5.15. The van der Waals surface area contributed by atoms with E-state index in [2.05, 4.69) is 30.4 Å². The second-order valence-corrected chi connectivity index (χ2v) is 6.51. The maximum absolute atomic E-state index is 10.6. The molecule has 2 N–H and O–H groups in total. The predicted molar refractivity (Wildman–Crippen MR) is 112 cm³/mol. The Morgan fingerprint density at radius 2 is 1.41 bits per heavy atom. The van der Waals surface area contributed by atoms with Crippen molar-refractivity contribution in [2.75, 3.05) is 26.7 Å². The molecule has 0 amide bonds. The number of phenols is 1. The molecule has 0 atom stereocenters. The van der Waals surface area contributed by atoms with Crippen LogP contribution in [-0.4, -0.2) is 47.8 Å². The smallest absolute Gasteiger partial charge is 0.371 e. The standard InChI is InChI=1S/C12H27N.C10H10O4/c1-4-7-10-13(11-8-5-2)12-9-6-3;1-14-9(10(12)13)6-7-2-4-8(11)5-3-7/h4-12H2,1-3H3;2-6,11H,1H3,(H,12,13)/b;9-6-. The first-order valence-electron chi connectivity index (χ1n) is 9.98. The highest BCUT2D eigenvalue weighted by Crippen LogP contribution is 2.13. The molecule has 1 aromatic carbocycles. The number of hydrogen-bond donors (Lipinski definition) is 2. The lowest BCUT2D eigenvalue weighted by molar-refractivity contribution is -0.135. The number of benzene rings is 1. The summed E-state index contributed by atoms with van der Waals surface area (Å²) in [5, 5.41) is 17.6. The molecule has 5 heteroatoms. The number of methoxy groups -OCH3 is 1. The quantitative estimate of drug-likeness (QED) is 0.388. The van der Waals surface area contributed by atoms with Gasteiger partial charge in [0.15, 0.2) is 0 Å². The molecule has 1 rings (SSSR count). The normalized spacial score (nSPS) is 11.1. The maximum Gasteiger partial charge on any atom is 0.371 e. The van der Waals surface area contributed by atoms with Gasteiger partial charge in [-0.25, -0.2) is 4.79 Å². The van der Waals surface area contributed by atoms with Gasteiger partial charge >= 0.3 is 5.97 Å². The van der Waals surface area contributed by atoms with E-state index in [1.54, 1.807) is 12.1 Å². The number of carboxylic acid groups (broad SMARTS) is 1. The number of aliphatic carboxylic acids is 1. The zero-order chi connectivity index (χ0) is 20.5. The van der Waals surface area contributed by atoms with E-state index >= 15 is 0 Å². The number of nitrogens with zero attached hydrogens (tertiary/aromatic N) is 1. The molecule has 0 heterocycles. The van der Waals surface area contributed by atoms with Gasteiger partial charge in [0, 0.05) is 0 Å². The average Bonchev–Trinajstić information content (AvgIpc) is 2.67. The highest BCUT2D eigenvalue weighted by molar-refractivity contribution is 5.89. The largest absolute Gasteiger partial charge is 0.508 e. The van der Waals surface area contributed by atoms with Crippen molar-refractivity contribution in [3.8, 4) is 5.75 Å². The molecule has 0 spiro atoms. The molecule has 0 radical (unpaired) electrons. The van der Waals surface area contributed by atoms with Crippen molar-refractivity contribution >= 4 is 12.0 Å². The van der Waals surface area contributed by atoms with Gasteiger partial charge < -0.3 is 19.8 Å². The van der Waals surface area contributed by atoms with Gasteiger partial charge in [-0.1, -0.05) is 52.2 Å². The first-order valence-corrected chi connectivity index (χ1v) is 9.98. The lowest BCUT2D eigenvalue weighted by Gasteiger charge is -2.21. The van der Waals surface area contributed by atoms with Crippen molar-refractivity contribution in [1.82, 2.24) is 4.90 Å². The molecular weight excluding hydrogens is 342 g/mol. The summed E-state index contributed by atoms with van der Waals surface area (Å²) in [4.78, 5) is 13.2. The van der Waals surface area contributed by atoms with Crippen LogP contribution in [0.15, 0.2) is 30.0 Å². The molecule has 0 aliphatic carbocycles. The van der Waals surface area contributed by atoms with Gasteiger partial charge in [-0.3, -0.25) is 0 Å². The highest BCUT2D eigenvalue weighted by Gasteiger charge is 2.06. The van der Waals surface area contributed by atoms with Gasteiger partial charge in [0.2, 0.25) is 5.76 Å². The van der Waals surface area contributed by atoms with E-state index in [0.717, 1.165) is 0 Å². The summed E-state index contributed by atoms with van der Waals surface area (Å²) in [5.74, 6) is -1.13. The first-order chi connectivity index (χ1) is 13.0. The van der Waals surface area contributed by atoms with Gasteiger partial charge in [0.1, 0.15) is 5.75 Å². The van der Waals surface area contributed by atoms with Crippen LogP contribution in [-0.2, 0) is 9.53 Å². The second kappa shape index (κ2) is 16.2. The van der Waals surface area contributed by atoms with Crippen molar-refractivity contribution in [3.05, 3.63) is 35.6 Å². The van der Waals surface area contributed by atoms with Crippen LogP contribution in [0, 0.1) is 0 Å². The van der Waals surface area contributed by atoms with E-state index in [1.807, 2.05) is 0 Å². The number of carboxylic acids is 1. The van der Waals surface area contributed by atoms with Crippen LogP contribution in [0.3, 0.4) is 0 Å². The topological polar surface area (TPSA) is 70.0 Å². The summed E-state index contributed by atoms with van der Waals surface area (Å²) in [6.07, 6.45) is 9.47. The molecule has 0 aliphatic heterocycles. The van der Waals surface area contributed by atoms with Gasteiger partial charge in [-0.2, -0.15) is 0 Å². The maximum atomic E-state index is 10.6. The van der Waals surface area contributed by atoms with Crippen molar-refractivity contribution < 1.29 is 19.7 Å². The van der Waals surface area contributed by atoms with Crippen LogP contribution >= 0.6 is 0 Å². The zero-order valence-electron chi connectivity index (χ0n) is 17.4. The van der Waals surface area contributed by atoms with E-state index in [4.69, 9.17) is 10.2 Å². The number of hydrogen-bond acceptors (Lipinski definition) is 4. The summed E-state index contributed by atoms with van der Waals surface area (Å²) in [5.41, 5.74) is 0.655. The SMILES string of the molecule is CCCCN(CCCC)CCCC.CO/C(=C\c1ccc(O)cc1)C(=O)O. The lowest BCUT2D eigenvalue weighted by Crippen LogP contribution is -2.27. The third kappa shape index (κ3) is 12.9. The average molecular weight is 380 g/mol. The van der Waals surface area contributed by atoms with Gasteiger partial charge in [0.25, 0.3) is 0 Å². The minimum absolute atomic E-state index is 0.136. The number of rotatable bonds is 12. The minimum Gasteiger partial charge on any atom is -0.508 e. The van der Waals surface area contributed by atoms with Crippen molar-refractivity contribution in [3.63, 3.8) is 0 Å². The van der Waals surface area contributed by atoms with Crippen molar-refractivity contribution in [2.24, 2.45) is 0 Å². The fourth-order valence-electron chi connectivity index (χ4n) is 2.41. The summed E-state index contributed by atoms with van der Waals surface area (Å²) in [6.45, 7) is 10.8. The Morgan fingerprint density at radius 3 is 1.74 bits per heavy atom. The van der Waals surface area contributed by atoms with Gasteiger partial charge in [0.05, 0.1) is 7.11 Å². The molecule has 0 saturated carbocycles. The third-order valence-corrected chi connectivity index (χ3v) is 4.11. The Hall–Kier alpha value is -2.01. The molecule has 0 bridgehead atoms. The molecule has 1 aromatic rings. The Kier molecular flexibility index (Phi) is 15.0. The van der Waals surface area contributed by atoms with E-state index in [0.29, 0.717) is 5.56 Å². The minimum atomic E-state index is -1.12. The molecule has 0 aliphatic rings. The molecule has 0 aromatic heterocycles. The number of aromatic hydroxyl groups is 1. The fraction of sp³-hybridized carbons (Fsp3) is 0.591. The van der Waals surface area contributed by atoms with Gasteiger partial charge in [-0.15, -0.1) is 0 Å². The lowest BCUT2D eigenvalue weighted by atomic mass is 10.2. The second-order valence-electron chi connectivity index (χ2n) is 6.51. The monoisotopic (exact) mass is 379 g/mol. The highest BCUT2D eigenvalue weighted by atomic mass is 16.5. The van der Waals surface area contributed by atoms with Crippen molar-refractivity contribution in [2.45, 2.75) is 59.3 Å². The number of ether oxygens (including phenoxy) is 1. The zero-order valence-corrected chi connectivity index (χ0v) is 17.4. The molecule has 0 unspecified atom stereocenters. The first kappa shape index (κ1) is 25.0. The van der Waals surface area contributed by atoms with E-state index < -0.39 is 5.97 Å². The number of carbonyl (C=O) groups is 1. The van der Waals surface area contributed by atoms with Gasteiger partial charge in [-0.05, 0) is 62.7 Å². The fourth-order valence-corrected chi connectivity index (χ4v) is 2.41. The molecule has 154 valence electrons. The van der Waals surface area contributed by atoms with Crippen LogP contribution in [0.5, 0.6) is 5.75 Å². The Balaban J connectivity index is 0.000000503. The third-order valence-electron chi connectivity index (χ3n) is 4.11. The summed E-state index contributed by atoms with van der Waals surface area (Å²) in [7, 11) is 1.29.